The predicted molar refractivity (Wildman–Crippen MR) is 97.4 cm³/mol. The van der Waals surface area contributed by atoms with Crippen LogP contribution in [0.3, 0.4) is 0 Å². The number of amides is 1. The van der Waals surface area contributed by atoms with Crippen LogP contribution in [0.2, 0.25) is 0 Å². The molecule has 1 fully saturated rings. The number of piperidine rings is 1. The number of aryl methyl sites for hydroxylation is 1. The van der Waals surface area contributed by atoms with Crippen LogP contribution in [0.15, 0.2) is 42.6 Å². The van der Waals surface area contributed by atoms with Crippen molar-refractivity contribution in [3.63, 3.8) is 0 Å². The Hall–Kier alpha value is -2.40. The van der Waals surface area contributed by atoms with Gasteiger partial charge in [0.15, 0.2) is 0 Å². The first-order valence-electron chi connectivity index (χ1n) is 8.77. The Labute approximate surface area is 148 Å². The van der Waals surface area contributed by atoms with Gasteiger partial charge in [-0.3, -0.25) is 14.7 Å². The number of rotatable bonds is 6. The number of benzene rings is 1. The van der Waals surface area contributed by atoms with Crippen LogP contribution in [0.25, 0.3) is 0 Å². The van der Waals surface area contributed by atoms with Crippen molar-refractivity contribution in [3.8, 4) is 5.75 Å². The number of hydrogen-bond donors (Lipinski definition) is 1. The maximum atomic E-state index is 11.2. The van der Waals surface area contributed by atoms with E-state index in [0.29, 0.717) is 18.3 Å². The minimum Gasteiger partial charge on any atom is -0.493 e. The van der Waals surface area contributed by atoms with Crippen LogP contribution in [0.4, 0.5) is 0 Å². The molecule has 0 radical (unpaired) electrons. The molecule has 0 spiro atoms. The molecule has 0 atom stereocenters. The van der Waals surface area contributed by atoms with E-state index in [0.717, 1.165) is 32.5 Å². The Kier molecular flexibility index (Phi) is 5.66. The summed E-state index contributed by atoms with van der Waals surface area (Å²) in [6, 6.07) is 12.1. The fourth-order valence-electron chi connectivity index (χ4n) is 3.23. The molecule has 3 rings (SSSR count). The van der Waals surface area contributed by atoms with Gasteiger partial charge in [-0.1, -0.05) is 29.8 Å². The van der Waals surface area contributed by atoms with Crippen molar-refractivity contribution in [3.05, 3.63) is 59.4 Å². The van der Waals surface area contributed by atoms with Crippen LogP contribution < -0.4 is 10.5 Å². The molecule has 1 aromatic carbocycles. The van der Waals surface area contributed by atoms with Crippen LogP contribution in [-0.2, 0) is 6.54 Å². The minimum atomic E-state index is -0.532. The van der Waals surface area contributed by atoms with E-state index in [2.05, 4.69) is 41.1 Å². The fraction of sp³-hybridized carbons (Fsp3) is 0.400. The SMILES string of the molecule is Cc1cccc(CN2CCC(COc3ccnc(C(N)=O)c3)CC2)c1. The van der Waals surface area contributed by atoms with Crippen LogP contribution in [0.5, 0.6) is 5.75 Å². The molecule has 1 saturated heterocycles. The highest BCUT2D eigenvalue weighted by Gasteiger charge is 2.20. The van der Waals surface area contributed by atoms with Crippen molar-refractivity contribution in [1.82, 2.24) is 9.88 Å². The van der Waals surface area contributed by atoms with E-state index in [1.807, 2.05) is 0 Å². The van der Waals surface area contributed by atoms with Crippen molar-refractivity contribution in [2.75, 3.05) is 19.7 Å². The summed E-state index contributed by atoms with van der Waals surface area (Å²) in [4.78, 5) is 17.6. The number of likely N-dealkylation sites (tertiary alicyclic amines) is 1. The lowest BCUT2D eigenvalue weighted by Gasteiger charge is -2.31. The standard InChI is InChI=1S/C20H25N3O2/c1-15-3-2-4-17(11-15)13-23-9-6-16(7-10-23)14-25-18-5-8-22-19(12-18)20(21)24/h2-5,8,11-12,16H,6-7,9-10,13-14H2,1H3,(H2,21,24). The van der Waals surface area contributed by atoms with E-state index >= 15 is 0 Å². The first kappa shape index (κ1) is 17.4. The van der Waals surface area contributed by atoms with Gasteiger partial charge in [-0.05, 0) is 50.4 Å². The first-order valence-corrected chi connectivity index (χ1v) is 8.77. The molecule has 1 aliphatic heterocycles. The minimum absolute atomic E-state index is 0.241. The third kappa shape index (κ3) is 5.03. The van der Waals surface area contributed by atoms with E-state index in [9.17, 15) is 4.79 Å². The Balaban J connectivity index is 1.45. The first-order chi connectivity index (χ1) is 12.1. The smallest absolute Gasteiger partial charge is 0.267 e. The average molecular weight is 339 g/mol. The van der Waals surface area contributed by atoms with Gasteiger partial charge < -0.3 is 10.5 Å². The summed E-state index contributed by atoms with van der Waals surface area (Å²) in [7, 11) is 0. The van der Waals surface area contributed by atoms with Gasteiger partial charge in [0.2, 0.25) is 0 Å². The second-order valence-corrected chi connectivity index (χ2v) is 6.76. The van der Waals surface area contributed by atoms with Crippen LogP contribution in [0.1, 0.15) is 34.5 Å². The maximum Gasteiger partial charge on any atom is 0.267 e. The van der Waals surface area contributed by atoms with Gasteiger partial charge in [0.05, 0.1) is 6.61 Å². The third-order valence-corrected chi connectivity index (χ3v) is 4.67. The van der Waals surface area contributed by atoms with Gasteiger partial charge in [-0.2, -0.15) is 0 Å². The molecule has 0 saturated carbocycles. The molecule has 0 bridgehead atoms. The van der Waals surface area contributed by atoms with Crippen molar-refractivity contribution in [2.24, 2.45) is 11.7 Å². The highest BCUT2D eigenvalue weighted by Crippen LogP contribution is 2.21. The molecule has 1 amide bonds. The number of primary amides is 1. The molecular formula is C20H25N3O2. The van der Waals surface area contributed by atoms with Gasteiger partial charge in [0.1, 0.15) is 11.4 Å². The Morgan fingerprint density at radius 1 is 1.28 bits per heavy atom. The number of hydrogen-bond acceptors (Lipinski definition) is 4. The molecule has 1 aliphatic rings. The highest BCUT2D eigenvalue weighted by molar-refractivity contribution is 5.91. The second-order valence-electron chi connectivity index (χ2n) is 6.76. The van der Waals surface area contributed by atoms with Gasteiger partial charge in [0.25, 0.3) is 5.91 Å². The monoisotopic (exact) mass is 339 g/mol. The van der Waals surface area contributed by atoms with Crippen LogP contribution in [-0.4, -0.2) is 35.5 Å². The lowest BCUT2D eigenvalue weighted by molar-refractivity contribution is 0.0994. The van der Waals surface area contributed by atoms with E-state index in [-0.39, 0.29) is 5.69 Å². The van der Waals surface area contributed by atoms with Crippen molar-refractivity contribution in [1.29, 1.82) is 0 Å². The zero-order valence-corrected chi connectivity index (χ0v) is 14.6. The second kappa shape index (κ2) is 8.12. The summed E-state index contributed by atoms with van der Waals surface area (Å²) in [6.07, 6.45) is 3.80. The normalized spacial score (nSPS) is 15.9. The number of nitrogens with two attached hydrogens (primary N) is 1. The Bertz CT molecular complexity index is 724. The summed E-state index contributed by atoms with van der Waals surface area (Å²) in [5.41, 5.74) is 8.18. The number of ether oxygens (including phenoxy) is 1. The molecule has 2 aromatic rings. The van der Waals surface area contributed by atoms with Crippen molar-refractivity contribution < 1.29 is 9.53 Å². The molecule has 5 heteroatoms. The summed E-state index contributed by atoms with van der Waals surface area (Å²) in [6.45, 7) is 5.99. The number of nitrogens with zero attached hydrogens (tertiary/aromatic N) is 2. The molecule has 0 unspecified atom stereocenters. The number of aromatic nitrogens is 1. The molecular weight excluding hydrogens is 314 g/mol. The number of carbonyl (C=O) groups excluding carboxylic acids is 1. The predicted octanol–water partition coefficient (Wildman–Crippen LogP) is 2.78. The maximum absolute atomic E-state index is 11.2. The molecule has 25 heavy (non-hydrogen) atoms. The zero-order valence-electron chi connectivity index (χ0n) is 14.6. The zero-order chi connectivity index (χ0) is 17.6. The van der Waals surface area contributed by atoms with E-state index < -0.39 is 5.91 Å². The third-order valence-electron chi connectivity index (χ3n) is 4.67. The molecule has 1 aromatic heterocycles. The number of pyridine rings is 1. The lowest BCUT2D eigenvalue weighted by Crippen LogP contribution is -2.35. The lowest BCUT2D eigenvalue weighted by atomic mass is 9.97. The molecule has 0 aliphatic carbocycles. The molecule has 2 N–H and O–H groups in total. The molecule has 132 valence electrons. The summed E-state index contributed by atoms with van der Waals surface area (Å²) < 4.78 is 5.84. The number of carbonyl (C=O) groups is 1. The molecule has 2 heterocycles. The topological polar surface area (TPSA) is 68.4 Å². The summed E-state index contributed by atoms with van der Waals surface area (Å²) in [5.74, 6) is 0.667. The quantitative estimate of drug-likeness (QED) is 0.879. The van der Waals surface area contributed by atoms with Crippen molar-refractivity contribution in [2.45, 2.75) is 26.3 Å². The summed E-state index contributed by atoms with van der Waals surface area (Å²) >= 11 is 0. The van der Waals surface area contributed by atoms with Gasteiger partial charge in [-0.25, -0.2) is 0 Å². The summed E-state index contributed by atoms with van der Waals surface area (Å²) in [5, 5.41) is 0. The average Bonchev–Trinajstić information content (AvgIpc) is 2.61. The highest BCUT2D eigenvalue weighted by atomic mass is 16.5. The van der Waals surface area contributed by atoms with Gasteiger partial charge in [-0.15, -0.1) is 0 Å². The van der Waals surface area contributed by atoms with E-state index in [4.69, 9.17) is 10.5 Å². The van der Waals surface area contributed by atoms with Gasteiger partial charge in [0, 0.05) is 18.8 Å². The molecule has 5 nitrogen and oxygen atoms in total. The van der Waals surface area contributed by atoms with E-state index in [1.165, 1.54) is 11.1 Å². The van der Waals surface area contributed by atoms with Gasteiger partial charge >= 0.3 is 0 Å². The van der Waals surface area contributed by atoms with Crippen molar-refractivity contribution >= 4 is 5.91 Å². The van der Waals surface area contributed by atoms with Crippen LogP contribution in [0, 0.1) is 12.8 Å². The van der Waals surface area contributed by atoms with Crippen LogP contribution >= 0.6 is 0 Å². The fourth-order valence-corrected chi connectivity index (χ4v) is 3.23. The Morgan fingerprint density at radius 3 is 2.80 bits per heavy atom. The Morgan fingerprint density at radius 2 is 2.08 bits per heavy atom. The largest absolute Gasteiger partial charge is 0.493 e. The van der Waals surface area contributed by atoms with E-state index in [1.54, 1.807) is 18.3 Å².